The van der Waals surface area contributed by atoms with Crippen LogP contribution in [0.5, 0.6) is 0 Å². The highest BCUT2D eigenvalue weighted by atomic mass is 32.2. The first-order valence-corrected chi connectivity index (χ1v) is 7.47. The van der Waals surface area contributed by atoms with Gasteiger partial charge in [0.15, 0.2) is 0 Å². The van der Waals surface area contributed by atoms with E-state index in [0.29, 0.717) is 6.04 Å². The van der Waals surface area contributed by atoms with Crippen molar-refractivity contribution < 1.29 is 0 Å². The molecule has 0 bridgehead atoms. The summed E-state index contributed by atoms with van der Waals surface area (Å²) in [6.07, 6.45) is 3.37. The van der Waals surface area contributed by atoms with Crippen molar-refractivity contribution in [3.05, 3.63) is 54.0 Å². The summed E-state index contributed by atoms with van der Waals surface area (Å²) < 4.78 is 0. The third-order valence-corrected chi connectivity index (χ3v) is 3.92. The van der Waals surface area contributed by atoms with Crippen LogP contribution in [0.25, 0.3) is 0 Å². The normalized spacial score (nSPS) is 12.3. The lowest BCUT2D eigenvalue weighted by atomic mass is 10.1. The molecule has 4 heteroatoms. The summed E-state index contributed by atoms with van der Waals surface area (Å²) in [4.78, 5) is 8.18. The molecule has 100 valence electrons. The van der Waals surface area contributed by atoms with Gasteiger partial charge in [-0.2, -0.15) is 0 Å². The fraction of sp³-hybridized carbons (Fsp3) is 0.333. The molecule has 1 unspecified atom stereocenters. The van der Waals surface area contributed by atoms with Crippen LogP contribution >= 0.6 is 11.8 Å². The first-order chi connectivity index (χ1) is 9.29. The van der Waals surface area contributed by atoms with Crippen LogP contribution in [0.2, 0.25) is 0 Å². The average Bonchev–Trinajstić information content (AvgIpc) is 2.46. The van der Waals surface area contributed by atoms with Crippen LogP contribution in [0, 0.1) is 6.92 Å². The van der Waals surface area contributed by atoms with Gasteiger partial charge < -0.3 is 5.32 Å². The Balaban J connectivity index is 2.02. The molecule has 19 heavy (non-hydrogen) atoms. The van der Waals surface area contributed by atoms with Crippen LogP contribution in [0.1, 0.15) is 24.1 Å². The lowest BCUT2D eigenvalue weighted by molar-refractivity contribution is 0.605. The molecule has 1 aromatic heterocycles. The van der Waals surface area contributed by atoms with Crippen molar-refractivity contribution in [1.82, 2.24) is 15.3 Å². The molecule has 0 spiro atoms. The van der Waals surface area contributed by atoms with Gasteiger partial charge in [-0.15, -0.1) is 11.8 Å². The van der Waals surface area contributed by atoms with E-state index in [1.165, 1.54) is 11.1 Å². The monoisotopic (exact) mass is 273 g/mol. The van der Waals surface area contributed by atoms with Crippen molar-refractivity contribution in [3.8, 4) is 0 Å². The maximum Gasteiger partial charge on any atom is 0.116 e. The van der Waals surface area contributed by atoms with E-state index < -0.39 is 0 Å². The number of nitrogens with zero attached hydrogens (tertiary/aromatic N) is 2. The summed E-state index contributed by atoms with van der Waals surface area (Å²) in [5, 5.41) is 4.54. The molecular formula is C15H19N3S. The van der Waals surface area contributed by atoms with Gasteiger partial charge in [-0.1, -0.05) is 36.8 Å². The summed E-state index contributed by atoms with van der Waals surface area (Å²) in [7, 11) is 0. The van der Waals surface area contributed by atoms with Crippen LogP contribution in [0.3, 0.4) is 0 Å². The third kappa shape index (κ3) is 4.33. The Morgan fingerprint density at radius 1 is 1.21 bits per heavy atom. The van der Waals surface area contributed by atoms with Crippen molar-refractivity contribution >= 4 is 11.8 Å². The molecule has 2 rings (SSSR count). The topological polar surface area (TPSA) is 37.8 Å². The van der Waals surface area contributed by atoms with Crippen LogP contribution in [0.15, 0.2) is 47.9 Å². The molecule has 0 aliphatic carbocycles. The Morgan fingerprint density at radius 3 is 2.63 bits per heavy atom. The molecule has 0 saturated heterocycles. The third-order valence-electron chi connectivity index (χ3n) is 2.88. The minimum atomic E-state index is 0.352. The molecule has 0 radical (unpaired) electrons. The molecule has 1 N–H and O–H groups in total. The number of benzene rings is 1. The molecule has 1 heterocycles. The number of nitrogens with one attached hydrogen (secondary N) is 1. The average molecular weight is 273 g/mol. The van der Waals surface area contributed by atoms with Gasteiger partial charge in [0.1, 0.15) is 6.33 Å². The maximum absolute atomic E-state index is 4.24. The number of hydrogen-bond donors (Lipinski definition) is 1. The Morgan fingerprint density at radius 2 is 2.00 bits per heavy atom. The van der Waals surface area contributed by atoms with Crippen LogP contribution < -0.4 is 5.32 Å². The lowest BCUT2D eigenvalue weighted by Crippen LogP contribution is -2.22. The van der Waals surface area contributed by atoms with Gasteiger partial charge in [0.2, 0.25) is 0 Å². The van der Waals surface area contributed by atoms with E-state index in [1.54, 1.807) is 24.3 Å². The van der Waals surface area contributed by atoms with Crippen molar-refractivity contribution in [2.24, 2.45) is 0 Å². The quantitative estimate of drug-likeness (QED) is 0.648. The summed E-state index contributed by atoms with van der Waals surface area (Å²) >= 11 is 1.75. The van der Waals surface area contributed by atoms with Crippen molar-refractivity contribution in [1.29, 1.82) is 0 Å². The summed E-state index contributed by atoms with van der Waals surface area (Å²) in [6, 6.07) is 11.0. The molecule has 0 aliphatic rings. The molecule has 0 aliphatic heterocycles. The fourth-order valence-electron chi connectivity index (χ4n) is 1.85. The Bertz CT molecular complexity index is 485. The van der Waals surface area contributed by atoms with Crippen molar-refractivity contribution in [2.75, 3.05) is 12.3 Å². The summed E-state index contributed by atoms with van der Waals surface area (Å²) in [5.41, 5.74) is 2.62. The predicted octanol–water partition coefficient (Wildman–Crippen LogP) is 3.23. The second kappa shape index (κ2) is 7.26. The van der Waals surface area contributed by atoms with E-state index in [0.717, 1.165) is 17.3 Å². The number of aromatic nitrogens is 2. The van der Waals surface area contributed by atoms with E-state index >= 15 is 0 Å². The molecule has 1 atom stereocenters. The summed E-state index contributed by atoms with van der Waals surface area (Å²) in [6.45, 7) is 5.21. The largest absolute Gasteiger partial charge is 0.309 e. The van der Waals surface area contributed by atoms with E-state index in [4.69, 9.17) is 0 Å². The first kappa shape index (κ1) is 14.0. The zero-order chi connectivity index (χ0) is 13.5. The van der Waals surface area contributed by atoms with Gasteiger partial charge in [-0.05, 0) is 25.1 Å². The SMILES string of the molecule is CCNC(CSc1ccncn1)c1ccc(C)cc1. The molecule has 1 aromatic carbocycles. The molecule has 0 saturated carbocycles. The van der Waals surface area contributed by atoms with E-state index in [1.807, 2.05) is 6.07 Å². The predicted molar refractivity (Wildman–Crippen MR) is 80.4 cm³/mol. The minimum Gasteiger partial charge on any atom is -0.309 e. The molecule has 0 fully saturated rings. The highest BCUT2D eigenvalue weighted by molar-refractivity contribution is 7.99. The number of rotatable bonds is 6. The van der Waals surface area contributed by atoms with Gasteiger partial charge in [0, 0.05) is 18.0 Å². The Hall–Kier alpha value is -1.39. The minimum absolute atomic E-state index is 0.352. The zero-order valence-electron chi connectivity index (χ0n) is 11.3. The number of aryl methyl sites for hydroxylation is 1. The number of hydrogen-bond acceptors (Lipinski definition) is 4. The van der Waals surface area contributed by atoms with Gasteiger partial charge in [0.05, 0.1) is 5.03 Å². The van der Waals surface area contributed by atoms with Crippen molar-refractivity contribution in [2.45, 2.75) is 24.9 Å². The highest BCUT2D eigenvalue weighted by Gasteiger charge is 2.10. The van der Waals surface area contributed by atoms with Gasteiger partial charge in [-0.3, -0.25) is 0 Å². The highest BCUT2D eigenvalue weighted by Crippen LogP contribution is 2.23. The second-order valence-corrected chi connectivity index (χ2v) is 5.42. The van der Waals surface area contributed by atoms with Crippen LogP contribution in [-0.2, 0) is 0 Å². The Labute approximate surface area is 118 Å². The Kier molecular flexibility index (Phi) is 5.36. The van der Waals surface area contributed by atoms with E-state index in [-0.39, 0.29) is 0 Å². The van der Waals surface area contributed by atoms with E-state index in [2.05, 4.69) is 53.4 Å². The van der Waals surface area contributed by atoms with Crippen molar-refractivity contribution in [3.63, 3.8) is 0 Å². The smallest absolute Gasteiger partial charge is 0.116 e. The van der Waals surface area contributed by atoms with E-state index in [9.17, 15) is 0 Å². The standard InChI is InChI=1S/C15H19N3S/c1-3-17-14(13-6-4-12(2)5-7-13)10-19-15-8-9-16-11-18-15/h4-9,11,14,17H,3,10H2,1-2H3. The van der Waals surface area contributed by atoms with Gasteiger partial charge >= 0.3 is 0 Å². The van der Waals surface area contributed by atoms with Gasteiger partial charge in [0.25, 0.3) is 0 Å². The van der Waals surface area contributed by atoms with Gasteiger partial charge in [-0.25, -0.2) is 9.97 Å². The van der Waals surface area contributed by atoms with Crippen LogP contribution in [-0.4, -0.2) is 22.3 Å². The second-order valence-electron chi connectivity index (χ2n) is 4.38. The van der Waals surface area contributed by atoms with Crippen LogP contribution in [0.4, 0.5) is 0 Å². The number of thioether (sulfide) groups is 1. The molecule has 2 aromatic rings. The lowest BCUT2D eigenvalue weighted by Gasteiger charge is -2.18. The molecular weight excluding hydrogens is 254 g/mol. The molecule has 3 nitrogen and oxygen atoms in total. The zero-order valence-corrected chi connectivity index (χ0v) is 12.2. The summed E-state index contributed by atoms with van der Waals surface area (Å²) in [5.74, 6) is 0.966. The molecule has 0 amide bonds. The maximum atomic E-state index is 4.24. The first-order valence-electron chi connectivity index (χ1n) is 6.48. The fourth-order valence-corrected chi connectivity index (χ4v) is 2.78.